The maximum absolute atomic E-state index is 11.3. The predicted molar refractivity (Wildman–Crippen MR) is 89.0 cm³/mol. The summed E-state index contributed by atoms with van der Waals surface area (Å²) in [7, 11) is -2.98. The van der Waals surface area contributed by atoms with Gasteiger partial charge in [0.05, 0.1) is 5.75 Å². The van der Waals surface area contributed by atoms with Gasteiger partial charge in [0.2, 0.25) is 0 Å². The highest BCUT2D eigenvalue weighted by Gasteiger charge is 2.22. The first-order valence-corrected chi connectivity index (χ1v) is 10.4. The molecule has 0 radical (unpaired) electrons. The molecule has 0 unspecified atom stereocenters. The summed E-state index contributed by atoms with van der Waals surface area (Å²) in [5, 5.41) is 3.32. The van der Waals surface area contributed by atoms with Crippen molar-refractivity contribution in [1.29, 1.82) is 0 Å². The molecule has 0 fully saturated rings. The highest BCUT2D eigenvalue weighted by atomic mass is 32.2. The molecule has 2 aromatic heterocycles. The van der Waals surface area contributed by atoms with E-state index in [0.29, 0.717) is 17.9 Å². The monoisotopic (exact) mass is 346 g/mol. The van der Waals surface area contributed by atoms with E-state index in [-0.39, 0.29) is 11.3 Å². The van der Waals surface area contributed by atoms with Crippen LogP contribution in [0.5, 0.6) is 0 Å². The van der Waals surface area contributed by atoms with Crippen molar-refractivity contribution in [2.24, 2.45) is 0 Å². The molecule has 2 rings (SSSR count). The average molecular weight is 347 g/mol. The molecule has 0 amide bonds. The molecule has 0 atom stereocenters. The number of hydrogen-bond acceptors (Lipinski definition) is 8. The fourth-order valence-corrected chi connectivity index (χ4v) is 4.07. The first-order valence-electron chi connectivity index (χ1n) is 6.32. The SMILES string of the molecule is CSc1nc2ncnc(NC(C)(C)CCS(C)(=O)=O)c2s1. The smallest absolute Gasteiger partial charge is 0.176 e. The van der Waals surface area contributed by atoms with Crippen LogP contribution in [0.4, 0.5) is 5.82 Å². The van der Waals surface area contributed by atoms with Gasteiger partial charge in [-0.3, -0.25) is 0 Å². The number of rotatable bonds is 6. The lowest BCUT2D eigenvalue weighted by atomic mass is 10.0. The summed E-state index contributed by atoms with van der Waals surface area (Å²) in [4.78, 5) is 12.8. The van der Waals surface area contributed by atoms with Crippen molar-refractivity contribution in [2.45, 2.75) is 30.1 Å². The minimum atomic E-state index is -2.98. The molecule has 6 nitrogen and oxygen atoms in total. The van der Waals surface area contributed by atoms with Crippen LogP contribution in [0.15, 0.2) is 10.7 Å². The molecule has 0 saturated carbocycles. The van der Waals surface area contributed by atoms with Gasteiger partial charge < -0.3 is 5.32 Å². The van der Waals surface area contributed by atoms with E-state index in [4.69, 9.17) is 0 Å². The second-order valence-corrected chi connectivity index (χ2v) is 9.76. The van der Waals surface area contributed by atoms with E-state index in [1.165, 1.54) is 23.9 Å². The highest BCUT2D eigenvalue weighted by Crippen LogP contribution is 2.32. The molecule has 0 aliphatic heterocycles. The molecule has 21 heavy (non-hydrogen) atoms. The summed E-state index contributed by atoms with van der Waals surface area (Å²) in [5.74, 6) is 0.844. The average Bonchev–Trinajstić information content (AvgIpc) is 2.80. The highest BCUT2D eigenvalue weighted by molar-refractivity contribution is 8.00. The molecular weight excluding hydrogens is 328 g/mol. The number of hydrogen-bond donors (Lipinski definition) is 1. The van der Waals surface area contributed by atoms with E-state index in [9.17, 15) is 8.42 Å². The maximum Gasteiger partial charge on any atom is 0.176 e. The topological polar surface area (TPSA) is 84.8 Å². The zero-order chi connectivity index (χ0) is 15.7. The van der Waals surface area contributed by atoms with Crippen LogP contribution in [-0.4, -0.2) is 47.2 Å². The molecule has 0 aliphatic carbocycles. The molecule has 9 heteroatoms. The van der Waals surface area contributed by atoms with E-state index >= 15 is 0 Å². The molecule has 2 aromatic rings. The minimum Gasteiger partial charge on any atom is -0.364 e. The standard InChI is InChI=1S/C12H18N4O2S3/c1-12(2,5-6-21(4,17)18)16-10-8-9(13-7-14-10)15-11(19-3)20-8/h7H,5-6H2,1-4H3,(H,13,14,16). The van der Waals surface area contributed by atoms with Gasteiger partial charge in [0.1, 0.15) is 26.7 Å². The van der Waals surface area contributed by atoms with Crippen molar-refractivity contribution < 1.29 is 8.42 Å². The first kappa shape index (κ1) is 16.4. The summed E-state index contributed by atoms with van der Waals surface area (Å²) in [5.41, 5.74) is 0.286. The normalized spacial score (nSPS) is 12.8. The van der Waals surface area contributed by atoms with Gasteiger partial charge in [0, 0.05) is 11.8 Å². The Labute approximate surface area is 132 Å². The molecule has 0 saturated heterocycles. The van der Waals surface area contributed by atoms with Crippen molar-refractivity contribution >= 4 is 49.1 Å². The number of fused-ring (bicyclic) bond motifs is 1. The number of sulfone groups is 1. The summed E-state index contributed by atoms with van der Waals surface area (Å²) in [6.07, 6.45) is 5.20. The number of thiazole rings is 1. The number of anilines is 1. The quantitative estimate of drug-likeness (QED) is 0.804. The Bertz CT molecular complexity index is 740. The molecule has 116 valence electrons. The van der Waals surface area contributed by atoms with E-state index in [0.717, 1.165) is 9.04 Å². The van der Waals surface area contributed by atoms with Crippen molar-refractivity contribution in [3.05, 3.63) is 6.33 Å². The molecule has 0 bridgehead atoms. The van der Waals surface area contributed by atoms with Crippen molar-refractivity contribution in [3.8, 4) is 0 Å². The lowest BCUT2D eigenvalue weighted by Crippen LogP contribution is -2.33. The fraction of sp³-hybridized carbons (Fsp3) is 0.583. The van der Waals surface area contributed by atoms with Gasteiger partial charge >= 0.3 is 0 Å². The number of aromatic nitrogens is 3. The third-order valence-electron chi connectivity index (χ3n) is 2.90. The van der Waals surface area contributed by atoms with Crippen LogP contribution in [0.25, 0.3) is 10.3 Å². The Hall–Kier alpha value is -0.930. The Morgan fingerprint density at radius 3 is 2.71 bits per heavy atom. The first-order chi connectivity index (χ1) is 9.70. The Kier molecular flexibility index (Phi) is 4.74. The lowest BCUT2D eigenvalue weighted by Gasteiger charge is -2.26. The fourth-order valence-electron chi connectivity index (χ4n) is 1.73. The van der Waals surface area contributed by atoms with Crippen LogP contribution < -0.4 is 5.32 Å². The van der Waals surface area contributed by atoms with Crippen LogP contribution in [-0.2, 0) is 9.84 Å². The third-order valence-corrected chi connectivity index (χ3v) is 5.88. The van der Waals surface area contributed by atoms with E-state index in [2.05, 4.69) is 20.3 Å². The molecule has 0 aromatic carbocycles. The number of thioether (sulfide) groups is 1. The Morgan fingerprint density at radius 1 is 1.38 bits per heavy atom. The summed E-state index contributed by atoms with van der Waals surface area (Å²) < 4.78 is 24.5. The van der Waals surface area contributed by atoms with Gasteiger partial charge in [-0.1, -0.05) is 11.8 Å². The Balaban J connectivity index is 2.24. The van der Waals surface area contributed by atoms with Crippen molar-refractivity contribution in [2.75, 3.05) is 23.6 Å². The molecule has 0 aliphatic rings. The molecule has 2 heterocycles. The molecule has 0 spiro atoms. The van der Waals surface area contributed by atoms with Gasteiger partial charge in [0.25, 0.3) is 0 Å². The van der Waals surface area contributed by atoms with Crippen LogP contribution in [0.3, 0.4) is 0 Å². The maximum atomic E-state index is 11.3. The van der Waals surface area contributed by atoms with Gasteiger partial charge in [-0.25, -0.2) is 23.4 Å². The van der Waals surface area contributed by atoms with Crippen LogP contribution in [0.2, 0.25) is 0 Å². The summed E-state index contributed by atoms with van der Waals surface area (Å²) in [6.45, 7) is 3.92. The van der Waals surface area contributed by atoms with Gasteiger partial charge in [0.15, 0.2) is 9.99 Å². The van der Waals surface area contributed by atoms with E-state index < -0.39 is 9.84 Å². The van der Waals surface area contributed by atoms with Crippen LogP contribution in [0, 0.1) is 0 Å². The summed E-state index contributed by atoms with van der Waals surface area (Å²) in [6, 6.07) is 0. The minimum absolute atomic E-state index is 0.139. The zero-order valence-corrected chi connectivity index (χ0v) is 14.8. The number of nitrogens with one attached hydrogen (secondary N) is 1. The number of nitrogens with zero attached hydrogens (tertiary/aromatic N) is 3. The largest absolute Gasteiger partial charge is 0.364 e. The van der Waals surface area contributed by atoms with Gasteiger partial charge in [-0.2, -0.15) is 0 Å². The van der Waals surface area contributed by atoms with Gasteiger partial charge in [-0.15, -0.1) is 11.3 Å². The second-order valence-electron chi connectivity index (χ2n) is 5.45. The molecule has 1 N–H and O–H groups in total. The van der Waals surface area contributed by atoms with Crippen molar-refractivity contribution in [3.63, 3.8) is 0 Å². The van der Waals surface area contributed by atoms with E-state index in [1.54, 1.807) is 11.8 Å². The zero-order valence-electron chi connectivity index (χ0n) is 12.4. The van der Waals surface area contributed by atoms with Crippen LogP contribution in [0.1, 0.15) is 20.3 Å². The third kappa shape index (κ3) is 4.52. The van der Waals surface area contributed by atoms with Crippen molar-refractivity contribution in [1.82, 2.24) is 15.0 Å². The van der Waals surface area contributed by atoms with Crippen LogP contribution >= 0.6 is 23.1 Å². The van der Waals surface area contributed by atoms with Gasteiger partial charge in [-0.05, 0) is 26.5 Å². The predicted octanol–water partition coefficient (Wildman–Crippen LogP) is 2.43. The second kappa shape index (κ2) is 6.05. The lowest BCUT2D eigenvalue weighted by molar-refractivity contribution is 0.534. The Morgan fingerprint density at radius 2 is 2.10 bits per heavy atom. The molecular formula is C12H18N4O2S3. The summed E-state index contributed by atoms with van der Waals surface area (Å²) >= 11 is 3.10. The van der Waals surface area contributed by atoms with E-state index in [1.807, 2.05) is 20.1 Å².